The maximum atomic E-state index is 13.7. The Kier molecular flexibility index (Phi) is 5.13. The molecule has 1 aliphatic heterocycles. The van der Waals surface area contributed by atoms with Gasteiger partial charge in [0.15, 0.2) is 5.58 Å². The number of anilines is 1. The minimum absolute atomic E-state index is 0.0106. The number of aromatic nitrogens is 4. The van der Waals surface area contributed by atoms with Crippen LogP contribution in [0.5, 0.6) is 0 Å². The number of nitrogens with zero attached hydrogens (tertiary/aromatic N) is 6. The van der Waals surface area contributed by atoms with Crippen LogP contribution in [0.1, 0.15) is 34.8 Å². The Morgan fingerprint density at radius 1 is 1.00 bits per heavy atom. The van der Waals surface area contributed by atoms with Crippen molar-refractivity contribution in [1.82, 2.24) is 24.9 Å². The van der Waals surface area contributed by atoms with Crippen LogP contribution < -0.4 is 4.90 Å². The highest BCUT2D eigenvalue weighted by Gasteiger charge is 2.29. The van der Waals surface area contributed by atoms with Gasteiger partial charge >= 0.3 is 0 Å². The van der Waals surface area contributed by atoms with E-state index in [9.17, 15) is 4.79 Å². The highest BCUT2D eigenvalue weighted by atomic mass is 16.4. The Balaban J connectivity index is 1.41. The van der Waals surface area contributed by atoms with Gasteiger partial charge in [-0.2, -0.15) is 20.0 Å². The van der Waals surface area contributed by atoms with Crippen molar-refractivity contribution in [2.24, 2.45) is 0 Å². The Hall–Kier alpha value is -3.68. The van der Waals surface area contributed by atoms with Gasteiger partial charge in [-0.15, -0.1) is 0 Å². The van der Waals surface area contributed by atoms with Crippen LogP contribution in [0.4, 0.5) is 6.01 Å². The minimum atomic E-state index is -0.0106. The molecule has 1 fully saturated rings. The van der Waals surface area contributed by atoms with Crippen LogP contribution >= 0.6 is 0 Å². The molecule has 32 heavy (non-hydrogen) atoms. The molecule has 1 amide bonds. The number of amides is 1. The first kappa shape index (κ1) is 20.2. The molecular formula is C24H26N6O2. The Labute approximate surface area is 186 Å². The molecule has 0 radical (unpaired) electrons. The normalized spacial score (nSPS) is 17.0. The van der Waals surface area contributed by atoms with Gasteiger partial charge < -0.3 is 14.2 Å². The summed E-state index contributed by atoms with van der Waals surface area (Å²) in [6, 6.07) is 12.5. The molecule has 164 valence electrons. The predicted octanol–water partition coefficient (Wildman–Crippen LogP) is 3.77. The van der Waals surface area contributed by atoms with E-state index in [1.165, 1.54) is 4.80 Å². The summed E-state index contributed by atoms with van der Waals surface area (Å²) in [5, 5.41) is 8.45. The molecule has 5 rings (SSSR count). The number of oxazole rings is 1. The average molecular weight is 431 g/mol. The number of rotatable bonds is 3. The number of fused-ring (bicyclic) bond motifs is 1. The number of carbonyl (C=O) groups excluding carboxylic acids is 1. The maximum absolute atomic E-state index is 13.7. The molecule has 1 unspecified atom stereocenters. The molecule has 3 heterocycles. The van der Waals surface area contributed by atoms with Crippen LogP contribution in [0.3, 0.4) is 0 Å². The van der Waals surface area contributed by atoms with Gasteiger partial charge in [0, 0.05) is 25.7 Å². The molecule has 0 aliphatic carbocycles. The van der Waals surface area contributed by atoms with Gasteiger partial charge in [-0.05, 0) is 57.0 Å². The molecule has 1 atom stereocenters. The summed E-state index contributed by atoms with van der Waals surface area (Å²) in [5.74, 6) is -0.0106. The number of carbonyl (C=O) groups is 1. The van der Waals surface area contributed by atoms with E-state index in [2.05, 4.69) is 27.0 Å². The fraction of sp³-hybridized carbons (Fsp3) is 0.333. The van der Waals surface area contributed by atoms with Gasteiger partial charge in [-0.1, -0.05) is 17.7 Å². The highest BCUT2D eigenvalue weighted by Crippen LogP contribution is 2.26. The summed E-state index contributed by atoms with van der Waals surface area (Å²) in [6.07, 6.45) is 4.05. The van der Waals surface area contributed by atoms with Crippen molar-refractivity contribution in [3.05, 3.63) is 65.5 Å². The molecule has 0 N–H and O–H groups in total. The van der Waals surface area contributed by atoms with Gasteiger partial charge in [0.05, 0.1) is 23.6 Å². The monoisotopic (exact) mass is 430 g/mol. The van der Waals surface area contributed by atoms with Crippen LogP contribution in [0, 0.1) is 13.8 Å². The quantitative estimate of drug-likeness (QED) is 0.492. The first-order valence-corrected chi connectivity index (χ1v) is 10.9. The number of benzene rings is 2. The molecule has 1 saturated heterocycles. The molecule has 0 spiro atoms. The largest absolute Gasteiger partial charge is 0.423 e. The maximum Gasteiger partial charge on any atom is 0.298 e. The van der Waals surface area contributed by atoms with E-state index in [1.54, 1.807) is 12.4 Å². The zero-order chi connectivity index (χ0) is 22.2. The Morgan fingerprint density at radius 2 is 1.75 bits per heavy atom. The van der Waals surface area contributed by atoms with E-state index in [4.69, 9.17) is 4.42 Å². The van der Waals surface area contributed by atoms with Gasteiger partial charge in [0.2, 0.25) is 0 Å². The van der Waals surface area contributed by atoms with E-state index in [-0.39, 0.29) is 11.9 Å². The summed E-state index contributed by atoms with van der Waals surface area (Å²) in [4.78, 5) is 23.9. The highest BCUT2D eigenvalue weighted by molar-refractivity contribution is 5.98. The first-order chi connectivity index (χ1) is 15.5. The third-order valence-corrected chi connectivity index (χ3v) is 6.04. The van der Waals surface area contributed by atoms with E-state index in [0.29, 0.717) is 30.4 Å². The summed E-state index contributed by atoms with van der Waals surface area (Å²) in [5.41, 5.74) is 5.12. The van der Waals surface area contributed by atoms with Crippen LogP contribution in [0.25, 0.3) is 16.8 Å². The number of hydrogen-bond donors (Lipinski definition) is 0. The summed E-state index contributed by atoms with van der Waals surface area (Å²) >= 11 is 0. The molecule has 4 aromatic rings. The van der Waals surface area contributed by atoms with Crippen molar-refractivity contribution in [2.75, 3.05) is 24.5 Å². The van der Waals surface area contributed by atoms with Gasteiger partial charge in [-0.3, -0.25) is 4.79 Å². The van der Waals surface area contributed by atoms with Crippen molar-refractivity contribution in [3.8, 4) is 5.69 Å². The summed E-state index contributed by atoms with van der Waals surface area (Å²) in [6.45, 7) is 8.14. The van der Waals surface area contributed by atoms with Gasteiger partial charge in [0.25, 0.3) is 11.9 Å². The lowest BCUT2D eigenvalue weighted by atomic mass is 10.1. The lowest BCUT2D eigenvalue weighted by Gasteiger charge is -2.27. The van der Waals surface area contributed by atoms with Crippen molar-refractivity contribution < 1.29 is 9.21 Å². The Bertz CT molecular complexity index is 1260. The standard InChI is InChI=1S/C24H26N6O2/c1-16-4-6-21(30-25-9-10-26-30)19(14-16)23(31)29-13-12-28(11-8-18(29)3)24-27-20-15-17(2)5-7-22(20)32-24/h4-7,9-10,14-15,18H,8,11-13H2,1-3H3. The molecule has 0 saturated carbocycles. The molecule has 1 aliphatic rings. The Morgan fingerprint density at radius 3 is 2.56 bits per heavy atom. The van der Waals surface area contributed by atoms with Gasteiger partial charge in [-0.25, -0.2) is 0 Å². The SMILES string of the molecule is Cc1ccc(-n2nccn2)c(C(=O)N2CCN(c3nc4cc(C)ccc4o3)CCC2C)c1. The third kappa shape index (κ3) is 3.72. The van der Waals surface area contributed by atoms with Crippen molar-refractivity contribution in [2.45, 2.75) is 33.2 Å². The zero-order valence-electron chi connectivity index (χ0n) is 18.5. The molecule has 2 aromatic carbocycles. The molecular weight excluding hydrogens is 404 g/mol. The smallest absolute Gasteiger partial charge is 0.298 e. The molecule has 8 heteroatoms. The number of aryl methyl sites for hydroxylation is 2. The van der Waals surface area contributed by atoms with E-state index >= 15 is 0 Å². The lowest BCUT2D eigenvalue weighted by Crippen LogP contribution is -2.40. The summed E-state index contributed by atoms with van der Waals surface area (Å²) < 4.78 is 6.01. The fourth-order valence-corrected chi connectivity index (χ4v) is 4.20. The first-order valence-electron chi connectivity index (χ1n) is 10.9. The average Bonchev–Trinajstić information content (AvgIpc) is 3.41. The second kappa shape index (κ2) is 8.11. The second-order valence-electron chi connectivity index (χ2n) is 8.43. The lowest BCUT2D eigenvalue weighted by molar-refractivity contribution is 0.0704. The summed E-state index contributed by atoms with van der Waals surface area (Å²) in [7, 11) is 0. The molecule has 0 bridgehead atoms. The second-order valence-corrected chi connectivity index (χ2v) is 8.43. The molecule has 8 nitrogen and oxygen atoms in total. The van der Waals surface area contributed by atoms with Crippen molar-refractivity contribution in [1.29, 1.82) is 0 Å². The molecule has 2 aromatic heterocycles. The van der Waals surface area contributed by atoms with Crippen LogP contribution in [0.2, 0.25) is 0 Å². The topological polar surface area (TPSA) is 80.3 Å². The van der Waals surface area contributed by atoms with E-state index in [1.807, 2.05) is 55.1 Å². The van der Waals surface area contributed by atoms with E-state index < -0.39 is 0 Å². The third-order valence-electron chi connectivity index (χ3n) is 6.04. The van der Waals surface area contributed by atoms with Crippen LogP contribution in [-0.2, 0) is 0 Å². The van der Waals surface area contributed by atoms with Gasteiger partial charge in [0.1, 0.15) is 5.52 Å². The van der Waals surface area contributed by atoms with Crippen molar-refractivity contribution in [3.63, 3.8) is 0 Å². The predicted molar refractivity (Wildman–Crippen MR) is 122 cm³/mol. The van der Waals surface area contributed by atoms with Crippen molar-refractivity contribution >= 4 is 23.0 Å². The number of hydrogen-bond acceptors (Lipinski definition) is 6. The van der Waals surface area contributed by atoms with E-state index in [0.717, 1.165) is 35.2 Å². The minimum Gasteiger partial charge on any atom is -0.423 e. The van der Waals surface area contributed by atoms with Crippen LogP contribution in [0.15, 0.2) is 53.2 Å². The zero-order valence-corrected chi connectivity index (χ0v) is 18.5. The fourth-order valence-electron chi connectivity index (χ4n) is 4.20. The van der Waals surface area contributed by atoms with Crippen LogP contribution in [-0.4, -0.2) is 56.5 Å².